The zero-order valence-corrected chi connectivity index (χ0v) is 18.6. The number of sulfonamides is 1. The third kappa shape index (κ3) is 3.62. The van der Waals surface area contributed by atoms with Crippen LogP contribution in [0.15, 0.2) is 12.1 Å². The molecule has 1 spiro atoms. The number of amides is 1. The maximum absolute atomic E-state index is 13.5. The first-order chi connectivity index (χ1) is 14.1. The fourth-order valence-corrected chi connectivity index (χ4v) is 6.82. The Balaban J connectivity index is 1.53. The van der Waals surface area contributed by atoms with Crippen LogP contribution < -0.4 is 4.90 Å². The molecule has 4 rings (SSSR count). The number of aryl methyl sites for hydroxylation is 2. The van der Waals surface area contributed by atoms with Gasteiger partial charge in [-0.1, -0.05) is 0 Å². The van der Waals surface area contributed by atoms with Crippen LogP contribution in [0.25, 0.3) is 0 Å². The van der Waals surface area contributed by atoms with E-state index in [-0.39, 0.29) is 0 Å². The monoisotopic (exact) mass is 438 g/mol. The van der Waals surface area contributed by atoms with E-state index in [1.165, 1.54) is 11.9 Å². The van der Waals surface area contributed by atoms with E-state index in [1.807, 2.05) is 26.0 Å². The molecule has 1 saturated carbocycles. The minimum Gasteiger partial charge on any atom is -0.465 e. The normalized spacial score (nSPS) is 22.9. The second kappa shape index (κ2) is 7.47. The van der Waals surface area contributed by atoms with Crippen molar-refractivity contribution in [2.24, 2.45) is 0 Å². The van der Waals surface area contributed by atoms with Crippen LogP contribution in [0.3, 0.4) is 0 Å². The van der Waals surface area contributed by atoms with E-state index in [0.717, 1.165) is 16.7 Å². The van der Waals surface area contributed by atoms with Crippen molar-refractivity contribution in [1.82, 2.24) is 4.31 Å². The molecule has 2 aliphatic heterocycles. The zero-order chi connectivity index (χ0) is 21.7. The summed E-state index contributed by atoms with van der Waals surface area (Å²) in [5.41, 5.74) is 3.43. The molecule has 0 aromatic heterocycles. The fourth-order valence-electron chi connectivity index (χ4n) is 4.67. The molecule has 3 fully saturated rings. The number of nitrogens with zero attached hydrogens (tertiary/aromatic N) is 2. The van der Waals surface area contributed by atoms with E-state index in [2.05, 4.69) is 0 Å². The molecule has 0 radical (unpaired) electrons. The highest BCUT2D eigenvalue weighted by atomic mass is 32.2. The van der Waals surface area contributed by atoms with Crippen molar-refractivity contribution in [3.63, 3.8) is 0 Å². The number of carbonyl (C=O) groups is 1. The Kier molecular flexibility index (Phi) is 5.37. The first kappa shape index (κ1) is 21.5. The fraction of sp³-hybridized carbons (Fsp3) is 0.667. The number of ether oxygens (including phenoxy) is 2. The van der Waals surface area contributed by atoms with Crippen LogP contribution in [0.2, 0.25) is 0 Å². The highest BCUT2D eigenvalue weighted by molar-refractivity contribution is 7.90. The standard InChI is InChI=1S/C21H30N2O6S/c1-15-12-17(22(3)19(24)25)13-16(2)18(15)14-20(4-5-20)30(26,27)23-8-6-21(7-9-23)28-10-11-29-21/h12-13H,4-11,14H2,1-3H3,(H,24,25). The minimum absolute atomic E-state index is 0.421. The molecule has 166 valence electrons. The summed E-state index contributed by atoms with van der Waals surface area (Å²) in [7, 11) is -1.95. The summed E-state index contributed by atoms with van der Waals surface area (Å²) >= 11 is 0. The van der Waals surface area contributed by atoms with Crippen molar-refractivity contribution < 1.29 is 27.8 Å². The number of hydrogen-bond donors (Lipinski definition) is 1. The third-order valence-electron chi connectivity index (χ3n) is 6.85. The molecule has 1 aromatic carbocycles. The number of carboxylic acid groups (broad SMARTS) is 1. The van der Waals surface area contributed by atoms with Crippen LogP contribution in [0.1, 0.15) is 42.4 Å². The maximum Gasteiger partial charge on any atom is 0.411 e. The molecular formula is C21H30N2O6S. The van der Waals surface area contributed by atoms with Gasteiger partial charge in [0.15, 0.2) is 5.79 Å². The van der Waals surface area contributed by atoms with Gasteiger partial charge in [-0.05, 0) is 61.9 Å². The molecular weight excluding hydrogens is 408 g/mol. The van der Waals surface area contributed by atoms with Crippen molar-refractivity contribution >= 4 is 21.8 Å². The van der Waals surface area contributed by atoms with Gasteiger partial charge >= 0.3 is 6.09 Å². The number of piperidine rings is 1. The van der Waals surface area contributed by atoms with Gasteiger partial charge in [-0.2, -0.15) is 0 Å². The topological polar surface area (TPSA) is 96.4 Å². The Morgan fingerprint density at radius 1 is 1.10 bits per heavy atom. The summed E-state index contributed by atoms with van der Waals surface area (Å²) in [6.45, 7) is 5.83. The van der Waals surface area contributed by atoms with Gasteiger partial charge in [0.25, 0.3) is 0 Å². The largest absolute Gasteiger partial charge is 0.465 e. The second-order valence-corrected chi connectivity index (χ2v) is 11.1. The van der Waals surface area contributed by atoms with Gasteiger partial charge in [0.2, 0.25) is 10.0 Å². The molecule has 3 aliphatic rings. The summed E-state index contributed by atoms with van der Waals surface area (Å²) in [4.78, 5) is 12.4. The highest BCUT2D eigenvalue weighted by Gasteiger charge is 2.58. The lowest BCUT2D eigenvalue weighted by molar-refractivity contribution is -0.179. The number of benzene rings is 1. The average Bonchev–Trinajstić information content (AvgIpc) is 3.37. The second-order valence-electron chi connectivity index (χ2n) is 8.77. The van der Waals surface area contributed by atoms with Gasteiger partial charge in [-0.25, -0.2) is 17.5 Å². The number of hydrogen-bond acceptors (Lipinski definition) is 5. The molecule has 8 nitrogen and oxygen atoms in total. The lowest BCUT2D eigenvalue weighted by Crippen LogP contribution is -2.50. The van der Waals surface area contributed by atoms with E-state index in [4.69, 9.17) is 9.47 Å². The summed E-state index contributed by atoms with van der Waals surface area (Å²) < 4.78 is 39.4. The average molecular weight is 439 g/mol. The molecule has 1 aromatic rings. The molecule has 0 bridgehead atoms. The SMILES string of the molecule is Cc1cc(N(C)C(=O)O)cc(C)c1CC1(S(=O)(=O)N2CCC3(CC2)OCCO3)CC1. The Hall–Kier alpha value is -1.68. The van der Waals surface area contributed by atoms with Crippen molar-refractivity contribution in [2.75, 3.05) is 38.3 Å². The molecule has 1 aliphatic carbocycles. The van der Waals surface area contributed by atoms with Crippen LogP contribution in [0.5, 0.6) is 0 Å². The molecule has 0 atom stereocenters. The minimum atomic E-state index is -3.45. The Morgan fingerprint density at radius 2 is 1.63 bits per heavy atom. The van der Waals surface area contributed by atoms with Crippen LogP contribution in [-0.4, -0.2) is 67.8 Å². The lowest BCUT2D eigenvalue weighted by atomic mass is 9.96. The Morgan fingerprint density at radius 3 is 2.10 bits per heavy atom. The van der Waals surface area contributed by atoms with Gasteiger partial charge in [-0.3, -0.25) is 4.90 Å². The van der Waals surface area contributed by atoms with E-state index in [9.17, 15) is 18.3 Å². The van der Waals surface area contributed by atoms with Crippen molar-refractivity contribution in [2.45, 2.75) is 56.5 Å². The van der Waals surface area contributed by atoms with E-state index < -0.39 is 26.7 Å². The summed E-state index contributed by atoms with van der Waals surface area (Å²) in [6, 6.07) is 3.64. The van der Waals surface area contributed by atoms with Crippen LogP contribution in [0, 0.1) is 13.8 Å². The van der Waals surface area contributed by atoms with Crippen molar-refractivity contribution in [3.05, 3.63) is 28.8 Å². The molecule has 2 saturated heterocycles. The van der Waals surface area contributed by atoms with Crippen LogP contribution in [0.4, 0.5) is 10.5 Å². The van der Waals surface area contributed by atoms with Crippen molar-refractivity contribution in [1.29, 1.82) is 0 Å². The molecule has 30 heavy (non-hydrogen) atoms. The van der Waals surface area contributed by atoms with E-state index >= 15 is 0 Å². The van der Waals surface area contributed by atoms with E-state index in [0.29, 0.717) is 64.1 Å². The molecule has 0 unspecified atom stereocenters. The summed E-state index contributed by atoms with van der Waals surface area (Å²) in [5, 5.41) is 9.23. The first-order valence-electron chi connectivity index (χ1n) is 10.4. The highest BCUT2D eigenvalue weighted by Crippen LogP contribution is 2.49. The lowest BCUT2D eigenvalue weighted by Gasteiger charge is -2.38. The Bertz CT molecular complexity index is 917. The van der Waals surface area contributed by atoms with E-state index in [1.54, 1.807) is 4.31 Å². The van der Waals surface area contributed by atoms with Crippen molar-refractivity contribution in [3.8, 4) is 0 Å². The quantitative estimate of drug-likeness (QED) is 0.759. The Labute approximate surface area is 177 Å². The van der Waals surface area contributed by atoms with Gasteiger partial charge in [0, 0.05) is 38.7 Å². The summed E-state index contributed by atoms with van der Waals surface area (Å²) in [5.74, 6) is -0.595. The zero-order valence-electron chi connectivity index (χ0n) is 17.8. The van der Waals surface area contributed by atoms with Gasteiger partial charge in [-0.15, -0.1) is 0 Å². The van der Waals surface area contributed by atoms with Crippen LogP contribution >= 0.6 is 0 Å². The van der Waals surface area contributed by atoms with Crippen LogP contribution in [-0.2, 0) is 25.9 Å². The smallest absolute Gasteiger partial charge is 0.411 e. The number of rotatable bonds is 5. The summed E-state index contributed by atoms with van der Waals surface area (Å²) in [6.07, 6.45) is 1.87. The molecule has 9 heteroatoms. The number of anilines is 1. The third-order valence-corrected chi connectivity index (χ3v) is 9.54. The molecule has 1 amide bonds. The molecule has 2 heterocycles. The van der Waals surface area contributed by atoms with Gasteiger partial charge in [0.05, 0.1) is 18.0 Å². The predicted octanol–water partition coefficient (Wildman–Crippen LogP) is 2.66. The van der Waals surface area contributed by atoms with Gasteiger partial charge in [0.1, 0.15) is 0 Å². The van der Waals surface area contributed by atoms with Gasteiger partial charge < -0.3 is 14.6 Å². The molecule has 1 N–H and O–H groups in total. The first-order valence-corrected chi connectivity index (χ1v) is 11.9. The predicted molar refractivity (Wildman–Crippen MR) is 112 cm³/mol. The maximum atomic E-state index is 13.5.